The molecule has 2 N–H and O–H groups in total. The number of nitrogens with zero attached hydrogens (tertiary/aromatic N) is 2. The van der Waals surface area contributed by atoms with Crippen LogP contribution in [-0.2, 0) is 20.9 Å². The number of aliphatic hydroxyl groups is 2. The molecule has 0 unspecified atom stereocenters. The predicted octanol–water partition coefficient (Wildman–Crippen LogP) is 10.2. The first-order chi connectivity index (χ1) is 31.4. The van der Waals surface area contributed by atoms with Crippen LogP contribution in [0.1, 0.15) is 75.3 Å². The Hall–Kier alpha value is -5.82. The smallest absolute Gasteiger partial charge is 0.410 e. The predicted molar refractivity (Wildman–Crippen MR) is 245 cm³/mol. The van der Waals surface area contributed by atoms with E-state index in [0.717, 1.165) is 53.2 Å². The molecule has 12 nitrogen and oxygen atoms in total. The Bertz CT molecular complexity index is 2340. The Labute approximate surface area is 375 Å². The minimum Gasteiger partial charge on any atom is -0.459 e. The average molecular weight is 873 g/mol. The first kappa shape index (κ1) is 44.8. The zero-order chi connectivity index (χ0) is 44.5. The molecule has 1 saturated carbocycles. The Kier molecular flexibility index (Phi) is 14.5. The van der Waals surface area contributed by atoms with Gasteiger partial charge in [0, 0.05) is 37.7 Å². The number of carbonyl (C=O) groups excluding carboxylic acids is 1. The second-order valence-electron chi connectivity index (χ2n) is 16.8. The molecule has 0 aromatic heterocycles. The third-order valence-corrected chi connectivity index (χ3v) is 12.9. The van der Waals surface area contributed by atoms with Crippen LogP contribution >= 0.6 is 0 Å². The van der Waals surface area contributed by atoms with Gasteiger partial charge in [-0.2, -0.15) is 0 Å². The van der Waals surface area contributed by atoms with Gasteiger partial charge in [0.15, 0.2) is 11.5 Å². The molecule has 64 heavy (non-hydrogen) atoms. The van der Waals surface area contributed by atoms with Gasteiger partial charge in [-0.05, 0) is 115 Å². The van der Waals surface area contributed by atoms with Crippen LogP contribution in [0.25, 0.3) is 10.8 Å². The zero-order valence-electron chi connectivity index (χ0n) is 36.7. The van der Waals surface area contributed by atoms with Crippen LogP contribution in [0.2, 0.25) is 0 Å². The number of allylic oxidation sites excluding steroid dienone is 1. The molecule has 2 aliphatic heterocycles. The van der Waals surface area contributed by atoms with Crippen LogP contribution in [0.4, 0.5) is 4.79 Å². The average Bonchev–Trinajstić information content (AvgIpc) is 3.79. The van der Waals surface area contributed by atoms with E-state index >= 15 is 0 Å². The SMILES string of the molecule is C=CCCOC(=O)N(Cc1ccc2c(c1)OCO2)[C@H]1CC(=NOCC)C2=C[C@H](CCCCO)[C@@H](CCCCO)[C@@H]3c4cc(Oc5ccc6ccccc6c5)ccc4O[C@@]1(OCC=C)[C@H]23. The molecule has 1 amide bonds. The summed E-state index contributed by atoms with van der Waals surface area (Å²) in [5.41, 5.74) is 3.40. The molecule has 4 aliphatic rings. The number of carbonyl (C=O) groups is 1. The minimum atomic E-state index is -1.47. The molecule has 8 rings (SSSR count). The van der Waals surface area contributed by atoms with Crippen LogP contribution in [0.3, 0.4) is 0 Å². The van der Waals surface area contributed by atoms with Crippen molar-refractivity contribution in [3.05, 3.63) is 127 Å². The van der Waals surface area contributed by atoms with Crippen molar-refractivity contribution in [1.29, 1.82) is 0 Å². The van der Waals surface area contributed by atoms with Crippen molar-refractivity contribution in [2.45, 2.75) is 82.6 Å². The highest BCUT2D eigenvalue weighted by Gasteiger charge is 2.65. The highest BCUT2D eigenvalue weighted by molar-refractivity contribution is 6.03. The molecule has 1 fully saturated rings. The number of oxime groups is 1. The number of fused-ring (bicyclic) bond motifs is 4. The van der Waals surface area contributed by atoms with Crippen LogP contribution in [-0.4, -0.2) is 78.6 Å². The summed E-state index contributed by atoms with van der Waals surface area (Å²) in [6.45, 7) is 10.8. The topological polar surface area (TPSA) is 138 Å². The van der Waals surface area contributed by atoms with Crippen molar-refractivity contribution in [2.75, 3.05) is 39.8 Å². The number of amides is 1. The van der Waals surface area contributed by atoms with Crippen molar-refractivity contribution in [3.8, 4) is 28.7 Å². The third-order valence-electron chi connectivity index (χ3n) is 12.9. The van der Waals surface area contributed by atoms with Crippen LogP contribution in [0, 0.1) is 17.8 Å². The van der Waals surface area contributed by atoms with E-state index in [1.807, 2.05) is 61.5 Å². The summed E-state index contributed by atoms with van der Waals surface area (Å²) >= 11 is 0. The lowest BCUT2D eigenvalue weighted by molar-refractivity contribution is -0.256. The molecule has 12 heteroatoms. The molecule has 4 aromatic rings. The maximum atomic E-state index is 14.7. The minimum absolute atomic E-state index is 0.0400. The lowest BCUT2D eigenvalue weighted by Crippen LogP contribution is -2.70. The van der Waals surface area contributed by atoms with Crippen LogP contribution in [0.5, 0.6) is 28.7 Å². The van der Waals surface area contributed by atoms with Gasteiger partial charge in [-0.15, -0.1) is 13.2 Å². The van der Waals surface area contributed by atoms with Gasteiger partial charge in [-0.25, -0.2) is 4.79 Å². The van der Waals surface area contributed by atoms with E-state index in [2.05, 4.69) is 43.5 Å². The molecule has 2 heterocycles. The van der Waals surface area contributed by atoms with E-state index in [-0.39, 0.29) is 63.9 Å². The number of ether oxygens (including phenoxy) is 6. The lowest BCUT2D eigenvalue weighted by Gasteiger charge is -2.59. The monoisotopic (exact) mass is 872 g/mol. The summed E-state index contributed by atoms with van der Waals surface area (Å²) in [6, 6.07) is 25.1. The molecule has 6 atom stereocenters. The zero-order valence-corrected chi connectivity index (χ0v) is 36.7. The quantitative estimate of drug-likeness (QED) is 0.0473. The molecule has 0 bridgehead atoms. The fraction of sp³-hybridized carbons (Fsp3) is 0.423. The van der Waals surface area contributed by atoms with Gasteiger partial charge >= 0.3 is 6.09 Å². The second-order valence-corrected chi connectivity index (χ2v) is 16.8. The van der Waals surface area contributed by atoms with Gasteiger partial charge in [0.2, 0.25) is 12.6 Å². The van der Waals surface area contributed by atoms with E-state index in [4.69, 9.17) is 38.4 Å². The third kappa shape index (κ3) is 9.36. The van der Waals surface area contributed by atoms with E-state index in [1.54, 1.807) is 17.1 Å². The maximum absolute atomic E-state index is 14.7. The standard InChI is InChI=1S/C52H60N2O10/c1-4-7-27-58-51(57)54(33-35-18-22-46-47(28-35)60-34-59-46)48-32-44(53-62-6-3)42-30-38(16-10-12-24-55)41(17-11-13-25-56)49-43-31-40(63-39-20-19-36-14-8-9-15-37(36)29-39)21-23-45(43)64-52(48,50(42)49)61-26-5-2/h4-5,8-9,14-15,18-23,28-31,38,41,48-50,55-56H,1-2,6-7,10-13,16-17,24-27,32-34H2,3H3/t38-,41+,48-,49+,50+,52+/m0/s1. The van der Waals surface area contributed by atoms with Crippen molar-refractivity contribution in [3.63, 3.8) is 0 Å². The van der Waals surface area contributed by atoms with Gasteiger partial charge in [-0.3, -0.25) is 4.90 Å². The molecule has 4 aromatic carbocycles. The van der Waals surface area contributed by atoms with Crippen molar-refractivity contribution in [2.24, 2.45) is 22.9 Å². The summed E-state index contributed by atoms with van der Waals surface area (Å²) in [5, 5.41) is 27.0. The first-order valence-electron chi connectivity index (χ1n) is 22.7. The summed E-state index contributed by atoms with van der Waals surface area (Å²) < 4.78 is 38.6. The second kappa shape index (κ2) is 20.8. The summed E-state index contributed by atoms with van der Waals surface area (Å²) in [7, 11) is 0. The molecular formula is C52H60N2O10. The van der Waals surface area contributed by atoms with E-state index in [1.165, 1.54) is 0 Å². The van der Waals surface area contributed by atoms with E-state index < -0.39 is 23.8 Å². The van der Waals surface area contributed by atoms with Gasteiger partial charge < -0.3 is 43.5 Å². The Morgan fingerprint density at radius 2 is 1.66 bits per heavy atom. The number of hydrogen-bond acceptors (Lipinski definition) is 11. The highest BCUT2D eigenvalue weighted by Crippen LogP contribution is 2.62. The fourth-order valence-corrected chi connectivity index (χ4v) is 10.1. The Morgan fingerprint density at radius 3 is 2.45 bits per heavy atom. The van der Waals surface area contributed by atoms with Gasteiger partial charge in [0.25, 0.3) is 0 Å². The summed E-state index contributed by atoms with van der Waals surface area (Å²) in [6.07, 6.45) is 10.5. The number of hydrogen-bond donors (Lipinski definition) is 2. The number of unbranched alkanes of at least 4 members (excludes halogenated alkanes) is 2. The molecule has 2 aliphatic carbocycles. The van der Waals surface area contributed by atoms with Gasteiger partial charge in [-0.1, -0.05) is 72.6 Å². The molecule has 0 radical (unpaired) electrons. The van der Waals surface area contributed by atoms with Gasteiger partial charge in [0.1, 0.15) is 29.9 Å². The van der Waals surface area contributed by atoms with E-state index in [9.17, 15) is 15.0 Å². The molecular weight excluding hydrogens is 813 g/mol. The number of rotatable bonds is 21. The number of benzene rings is 4. The fourth-order valence-electron chi connectivity index (χ4n) is 10.1. The Balaban J connectivity index is 1.31. The summed E-state index contributed by atoms with van der Waals surface area (Å²) in [5.74, 6) is 1.14. The van der Waals surface area contributed by atoms with Crippen molar-refractivity contribution < 1.29 is 48.3 Å². The van der Waals surface area contributed by atoms with Crippen LogP contribution in [0.15, 0.2) is 121 Å². The summed E-state index contributed by atoms with van der Waals surface area (Å²) in [4.78, 5) is 22.3. The largest absolute Gasteiger partial charge is 0.459 e. The first-order valence-corrected chi connectivity index (χ1v) is 22.7. The van der Waals surface area contributed by atoms with E-state index in [0.29, 0.717) is 60.3 Å². The Morgan fingerprint density at radius 1 is 0.891 bits per heavy atom. The molecule has 0 saturated heterocycles. The maximum Gasteiger partial charge on any atom is 0.410 e. The van der Waals surface area contributed by atoms with Crippen LogP contribution < -0.4 is 18.9 Å². The highest BCUT2D eigenvalue weighted by atomic mass is 16.7. The number of aliphatic hydroxyl groups excluding tert-OH is 2. The normalized spacial score (nSPS) is 23.3. The molecule has 338 valence electrons. The van der Waals surface area contributed by atoms with Gasteiger partial charge in [0.05, 0.1) is 24.8 Å². The van der Waals surface area contributed by atoms with Crippen molar-refractivity contribution >= 4 is 22.6 Å². The van der Waals surface area contributed by atoms with Crippen molar-refractivity contribution in [1.82, 2.24) is 4.90 Å². The molecule has 0 spiro atoms. The lowest BCUT2D eigenvalue weighted by atomic mass is 9.55.